The third-order valence-corrected chi connectivity index (χ3v) is 2.86. The van der Waals surface area contributed by atoms with E-state index >= 15 is 0 Å². The molecule has 1 aromatic heterocycles. The molecule has 88 valence electrons. The van der Waals surface area contributed by atoms with Crippen LogP contribution in [-0.4, -0.2) is 14.8 Å². The fourth-order valence-corrected chi connectivity index (χ4v) is 1.99. The summed E-state index contributed by atoms with van der Waals surface area (Å²) in [4.78, 5) is 0. The lowest BCUT2D eigenvalue weighted by Crippen LogP contribution is -1.95. The van der Waals surface area contributed by atoms with Crippen LogP contribution in [-0.2, 0) is 0 Å². The molecule has 0 aliphatic heterocycles. The van der Waals surface area contributed by atoms with Crippen molar-refractivity contribution < 1.29 is 0 Å². The molecule has 3 heteroatoms. The van der Waals surface area contributed by atoms with Crippen molar-refractivity contribution in [1.29, 1.82) is 0 Å². The molecular weight excluding hydrogens is 222 g/mol. The van der Waals surface area contributed by atoms with Gasteiger partial charge in [0, 0.05) is 11.3 Å². The molecule has 18 heavy (non-hydrogen) atoms. The van der Waals surface area contributed by atoms with Gasteiger partial charge >= 0.3 is 0 Å². The average Bonchev–Trinajstić information content (AvgIpc) is 2.89. The molecule has 3 rings (SSSR count). The maximum Gasteiger partial charge on any atom is 0.168 e. The minimum absolute atomic E-state index is 0.866. The van der Waals surface area contributed by atoms with Gasteiger partial charge in [0.15, 0.2) is 5.82 Å². The summed E-state index contributed by atoms with van der Waals surface area (Å²) in [6.45, 7) is 2.08. The van der Waals surface area contributed by atoms with E-state index in [9.17, 15) is 0 Å². The minimum atomic E-state index is 0.866. The second-order valence-electron chi connectivity index (χ2n) is 4.23. The highest BCUT2D eigenvalue weighted by molar-refractivity contribution is 5.58. The molecule has 0 radical (unpaired) electrons. The number of para-hydroxylation sites is 1. The molecule has 2 aromatic carbocycles. The zero-order valence-corrected chi connectivity index (χ0v) is 10.1. The normalized spacial score (nSPS) is 10.5. The number of benzene rings is 2. The first-order valence-electron chi connectivity index (χ1n) is 5.87. The van der Waals surface area contributed by atoms with Crippen molar-refractivity contribution in [1.82, 2.24) is 14.8 Å². The van der Waals surface area contributed by atoms with E-state index in [0.29, 0.717) is 0 Å². The zero-order valence-electron chi connectivity index (χ0n) is 10.1. The lowest BCUT2D eigenvalue weighted by atomic mass is 10.1. The predicted molar refractivity (Wildman–Crippen MR) is 71.5 cm³/mol. The van der Waals surface area contributed by atoms with Crippen LogP contribution >= 0.6 is 0 Å². The van der Waals surface area contributed by atoms with Crippen molar-refractivity contribution in [3.05, 3.63) is 66.5 Å². The fraction of sp³-hybridized carbons (Fsp3) is 0.0667. The van der Waals surface area contributed by atoms with Gasteiger partial charge in [0.25, 0.3) is 0 Å². The molecule has 0 saturated carbocycles. The minimum Gasteiger partial charge on any atom is -0.282 e. The standard InChI is InChI=1S/C15H13N3/c1-12-6-5-7-13(10-12)15-17-16-11-18(15)14-8-3-2-4-9-14/h2-11H,1H3. The third-order valence-electron chi connectivity index (χ3n) is 2.86. The number of aryl methyl sites for hydroxylation is 1. The molecule has 0 spiro atoms. The number of nitrogens with zero attached hydrogens (tertiary/aromatic N) is 3. The van der Waals surface area contributed by atoms with Crippen LogP contribution in [0, 0.1) is 6.92 Å². The Morgan fingerprint density at radius 3 is 2.56 bits per heavy atom. The fourth-order valence-electron chi connectivity index (χ4n) is 1.99. The summed E-state index contributed by atoms with van der Waals surface area (Å²) < 4.78 is 1.99. The molecule has 0 fully saturated rings. The van der Waals surface area contributed by atoms with Crippen molar-refractivity contribution in [3.8, 4) is 17.1 Å². The Morgan fingerprint density at radius 1 is 0.944 bits per heavy atom. The van der Waals surface area contributed by atoms with E-state index in [4.69, 9.17) is 0 Å². The Bertz CT molecular complexity index is 656. The Kier molecular flexibility index (Phi) is 2.65. The van der Waals surface area contributed by atoms with Crippen LogP contribution in [0.1, 0.15) is 5.56 Å². The Labute approximate surface area is 106 Å². The largest absolute Gasteiger partial charge is 0.282 e. The molecule has 0 amide bonds. The van der Waals surface area contributed by atoms with E-state index in [0.717, 1.165) is 17.1 Å². The van der Waals surface area contributed by atoms with E-state index in [-0.39, 0.29) is 0 Å². The highest BCUT2D eigenvalue weighted by Crippen LogP contribution is 2.21. The number of aromatic nitrogens is 3. The molecular formula is C15H13N3. The van der Waals surface area contributed by atoms with Crippen molar-refractivity contribution in [3.63, 3.8) is 0 Å². The summed E-state index contributed by atoms with van der Waals surface area (Å²) in [6.07, 6.45) is 1.74. The highest BCUT2D eigenvalue weighted by Gasteiger charge is 2.08. The Hall–Kier alpha value is -2.42. The van der Waals surface area contributed by atoms with Crippen molar-refractivity contribution in [2.45, 2.75) is 6.92 Å². The second-order valence-corrected chi connectivity index (χ2v) is 4.23. The van der Waals surface area contributed by atoms with Gasteiger partial charge in [-0.25, -0.2) is 0 Å². The maximum atomic E-state index is 4.22. The number of hydrogen-bond donors (Lipinski definition) is 0. The van der Waals surface area contributed by atoms with Crippen LogP contribution in [0.4, 0.5) is 0 Å². The maximum absolute atomic E-state index is 4.22. The van der Waals surface area contributed by atoms with Crippen LogP contribution in [0.25, 0.3) is 17.1 Å². The SMILES string of the molecule is Cc1cccc(-c2nncn2-c2ccccc2)c1. The lowest BCUT2D eigenvalue weighted by Gasteiger charge is -2.06. The van der Waals surface area contributed by atoms with E-state index in [1.54, 1.807) is 6.33 Å². The molecule has 3 aromatic rings. The van der Waals surface area contributed by atoms with E-state index < -0.39 is 0 Å². The topological polar surface area (TPSA) is 30.7 Å². The van der Waals surface area contributed by atoms with Gasteiger partial charge in [-0.05, 0) is 25.1 Å². The van der Waals surface area contributed by atoms with Gasteiger partial charge in [0.05, 0.1) is 0 Å². The predicted octanol–water partition coefficient (Wildman–Crippen LogP) is 3.24. The number of rotatable bonds is 2. The Balaban J connectivity index is 2.13. The van der Waals surface area contributed by atoms with Gasteiger partial charge in [-0.15, -0.1) is 10.2 Å². The van der Waals surface area contributed by atoms with Gasteiger partial charge in [0.2, 0.25) is 0 Å². The lowest BCUT2D eigenvalue weighted by molar-refractivity contribution is 1.06. The molecule has 0 N–H and O–H groups in total. The van der Waals surface area contributed by atoms with E-state index in [1.165, 1.54) is 5.56 Å². The molecule has 0 unspecified atom stereocenters. The highest BCUT2D eigenvalue weighted by atomic mass is 15.3. The van der Waals surface area contributed by atoms with Crippen LogP contribution in [0.2, 0.25) is 0 Å². The molecule has 0 bridgehead atoms. The van der Waals surface area contributed by atoms with E-state index in [1.807, 2.05) is 41.0 Å². The van der Waals surface area contributed by atoms with Gasteiger partial charge in [-0.2, -0.15) is 0 Å². The Morgan fingerprint density at radius 2 is 1.78 bits per heavy atom. The molecule has 3 nitrogen and oxygen atoms in total. The molecule has 0 aliphatic rings. The van der Waals surface area contributed by atoms with Crippen molar-refractivity contribution in [2.75, 3.05) is 0 Å². The van der Waals surface area contributed by atoms with Gasteiger partial charge < -0.3 is 0 Å². The van der Waals surface area contributed by atoms with Crippen LogP contribution in [0.3, 0.4) is 0 Å². The first kappa shape index (κ1) is 10.7. The van der Waals surface area contributed by atoms with Crippen LogP contribution < -0.4 is 0 Å². The van der Waals surface area contributed by atoms with Crippen molar-refractivity contribution in [2.24, 2.45) is 0 Å². The van der Waals surface area contributed by atoms with Gasteiger partial charge in [-0.1, -0.05) is 42.0 Å². The third kappa shape index (κ3) is 1.91. The number of hydrogen-bond acceptors (Lipinski definition) is 2. The first-order chi connectivity index (χ1) is 8.84. The molecule has 0 atom stereocenters. The summed E-state index contributed by atoms with van der Waals surface area (Å²) in [7, 11) is 0. The quantitative estimate of drug-likeness (QED) is 0.682. The van der Waals surface area contributed by atoms with E-state index in [2.05, 4.69) is 35.3 Å². The summed E-state index contributed by atoms with van der Waals surface area (Å²) in [5, 5.41) is 8.23. The van der Waals surface area contributed by atoms with Gasteiger partial charge in [0.1, 0.15) is 6.33 Å². The second kappa shape index (κ2) is 4.45. The summed E-state index contributed by atoms with van der Waals surface area (Å²) in [5.74, 6) is 0.866. The zero-order chi connectivity index (χ0) is 12.4. The van der Waals surface area contributed by atoms with Crippen LogP contribution in [0.15, 0.2) is 60.9 Å². The first-order valence-corrected chi connectivity index (χ1v) is 5.87. The smallest absolute Gasteiger partial charge is 0.168 e. The average molecular weight is 235 g/mol. The van der Waals surface area contributed by atoms with Crippen LogP contribution in [0.5, 0.6) is 0 Å². The van der Waals surface area contributed by atoms with Gasteiger partial charge in [-0.3, -0.25) is 4.57 Å². The molecule has 0 aliphatic carbocycles. The molecule has 1 heterocycles. The van der Waals surface area contributed by atoms with Crippen molar-refractivity contribution >= 4 is 0 Å². The molecule has 0 saturated heterocycles. The monoisotopic (exact) mass is 235 g/mol. The summed E-state index contributed by atoms with van der Waals surface area (Å²) >= 11 is 0. The summed E-state index contributed by atoms with van der Waals surface area (Å²) in [5.41, 5.74) is 3.37. The summed E-state index contributed by atoms with van der Waals surface area (Å²) in [6, 6.07) is 18.4.